The van der Waals surface area contributed by atoms with E-state index in [-0.39, 0.29) is 11.3 Å². The summed E-state index contributed by atoms with van der Waals surface area (Å²) in [7, 11) is -2.91. The number of ether oxygens (including phenoxy) is 1. The second kappa shape index (κ2) is 8.87. The molecular formula is C18H21N7O7S. The van der Waals surface area contributed by atoms with Crippen LogP contribution in [0.15, 0.2) is 36.9 Å². The molecule has 0 unspecified atom stereocenters. The van der Waals surface area contributed by atoms with Gasteiger partial charge in [0.2, 0.25) is 0 Å². The highest BCUT2D eigenvalue weighted by molar-refractivity contribution is 7.85. The van der Waals surface area contributed by atoms with Crippen LogP contribution in [0, 0.1) is 0 Å². The monoisotopic (exact) mass is 479 g/mol. The van der Waals surface area contributed by atoms with E-state index >= 15 is 0 Å². The molecule has 1 fully saturated rings. The van der Waals surface area contributed by atoms with Crippen LogP contribution in [0.1, 0.15) is 16.6 Å². The number of aromatic nitrogens is 4. The highest BCUT2D eigenvalue weighted by Gasteiger charge is 2.45. The van der Waals surface area contributed by atoms with Crippen LogP contribution < -0.4 is 15.8 Å². The van der Waals surface area contributed by atoms with Gasteiger partial charge in [0.25, 0.3) is 5.91 Å². The molecule has 4 rings (SSSR count). The molecule has 0 aliphatic carbocycles. The summed E-state index contributed by atoms with van der Waals surface area (Å²) in [6.45, 7) is -0.676. The number of amides is 1. The first-order valence-corrected chi connectivity index (χ1v) is 11.1. The third kappa shape index (κ3) is 4.44. The number of imidazole rings is 1. The van der Waals surface area contributed by atoms with Gasteiger partial charge in [0.1, 0.15) is 30.2 Å². The van der Waals surface area contributed by atoms with Gasteiger partial charge in [-0.2, -0.15) is 8.42 Å². The predicted octanol–water partition coefficient (Wildman–Crippen LogP) is -1.24. The number of fused-ring (bicyclic) bond motifs is 1. The zero-order valence-corrected chi connectivity index (χ0v) is 18.0. The molecule has 176 valence electrons. The van der Waals surface area contributed by atoms with Crippen LogP contribution in [0.5, 0.6) is 0 Å². The van der Waals surface area contributed by atoms with Gasteiger partial charge in [-0.1, -0.05) is 12.1 Å². The van der Waals surface area contributed by atoms with E-state index in [9.17, 15) is 23.4 Å². The van der Waals surface area contributed by atoms with Crippen LogP contribution in [0.3, 0.4) is 0 Å². The number of hydrogen-bond donors (Lipinski definition) is 5. The zero-order chi connectivity index (χ0) is 23.8. The van der Waals surface area contributed by atoms with E-state index in [0.717, 1.165) is 0 Å². The first kappa shape index (κ1) is 22.8. The summed E-state index contributed by atoms with van der Waals surface area (Å²) in [5.41, 5.74) is 6.45. The van der Waals surface area contributed by atoms with Crippen LogP contribution in [0.25, 0.3) is 11.2 Å². The number of aliphatic hydroxyl groups is 2. The zero-order valence-electron chi connectivity index (χ0n) is 17.2. The lowest BCUT2D eigenvalue weighted by molar-refractivity contribution is -0.0468. The van der Waals surface area contributed by atoms with E-state index in [1.54, 1.807) is 17.8 Å². The molecule has 1 aromatic carbocycles. The van der Waals surface area contributed by atoms with Crippen molar-refractivity contribution in [3.05, 3.63) is 42.5 Å². The Labute approximate surface area is 187 Å². The topological polar surface area (TPSA) is 204 Å². The molecule has 6 N–H and O–H groups in total. The lowest BCUT2D eigenvalue weighted by Crippen LogP contribution is -2.38. The van der Waals surface area contributed by atoms with Crippen molar-refractivity contribution < 1.29 is 32.3 Å². The van der Waals surface area contributed by atoms with Crippen LogP contribution in [0.4, 0.5) is 11.5 Å². The van der Waals surface area contributed by atoms with Gasteiger partial charge in [-0.15, -0.1) is 0 Å². The average Bonchev–Trinajstić information content (AvgIpc) is 3.33. The van der Waals surface area contributed by atoms with Gasteiger partial charge >= 0.3 is 10.3 Å². The number of carbonyl (C=O) groups is 1. The largest absolute Gasteiger partial charge is 0.398 e. The van der Waals surface area contributed by atoms with Gasteiger partial charge in [-0.25, -0.2) is 19.7 Å². The quantitative estimate of drug-likeness (QED) is 0.252. The number of hydrogen-bond acceptors (Lipinski definition) is 12. The van der Waals surface area contributed by atoms with Gasteiger partial charge in [0.05, 0.1) is 18.5 Å². The number of para-hydroxylation sites is 1. The lowest BCUT2D eigenvalue weighted by atomic mass is 10.1. The number of nitrogens with two attached hydrogens (primary N) is 1. The van der Waals surface area contributed by atoms with Crippen molar-refractivity contribution in [2.45, 2.75) is 24.5 Å². The molecule has 0 saturated carbocycles. The Morgan fingerprint density at radius 2 is 2.00 bits per heavy atom. The second-order valence-electron chi connectivity index (χ2n) is 7.10. The normalized spacial score (nSPS) is 23.0. The fourth-order valence-electron chi connectivity index (χ4n) is 3.38. The third-order valence-electron chi connectivity index (χ3n) is 5.02. The SMILES string of the molecule is CNc1ncnc2c1ncn2[C@@H]1O[C@H](COS(=O)(=O)NC(=O)c2ccccc2N)[C@@H](O)[C@H]1O. The molecule has 0 bridgehead atoms. The molecule has 0 radical (unpaired) electrons. The lowest BCUT2D eigenvalue weighted by Gasteiger charge is -2.16. The molecule has 1 aliphatic heterocycles. The Hall–Kier alpha value is -3.37. The summed E-state index contributed by atoms with van der Waals surface area (Å²) in [5, 5.41) is 23.7. The van der Waals surface area contributed by atoms with E-state index in [0.29, 0.717) is 17.0 Å². The number of benzene rings is 1. The van der Waals surface area contributed by atoms with Crippen molar-refractivity contribution in [3.63, 3.8) is 0 Å². The molecule has 2 aromatic heterocycles. The molecule has 3 aromatic rings. The Balaban J connectivity index is 1.45. The van der Waals surface area contributed by atoms with Crippen LogP contribution in [-0.2, 0) is 19.2 Å². The van der Waals surface area contributed by atoms with E-state index in [2.05, 4.69) is 20.3 Å². The number of nitrogen functional groups attached to an aromatic ring is 1. The number of anilines is 2. The summed E-state index contributed by atoms with van der Waals surface area (Å²) in [4.78, 5) is 24.5. The fraction of sp³-hybridized carbons (Fsp3) is 0.333. The Bertz CT molecular complexity index is 1280. The first-order chi connectivity index (χ1) is 15.7. The molecule has 3 heterocycles. The van der Waals surface area contributed by atoms with Gasteiger partial charge < -0.3 is 26.0 Å². The summed E-state index contributed by atoms with van der Waals surface area (Å²) < 4.78 is 37.9. The van der Waals surface area contributed by atoms with Crippen molar-refractivity contribution in [2.24, 2.45) is 0 Å². The Morgan fingerprint density at radius 1 is 1.24 bits per heavy atom. The predicted molar refractivity (Wildman–Crippen MR) is 114 cm³/mol. The summed E-state index contributed by atoms with van der Waals surface area (Å²) in [6, 6.07) is 5.90. The number of carbonyl (C=O) groups excluding carboxylic acids is 1. The maximum atomic E-state index is 12.2. The molecule has 4 atom stereocenters. The summed E-state index contributed by atoms with van der Waals surface area (Å²) in [6.07, 6.45) is -2.65. The first-order valence-electron chi connectivity index (χ1n) is 9.64. The maximum Gasteiger partial charge on any atom is 0.362 e. The summed E-state index contributed by atoms with van der Waals surface area (Å²) in [5.74, 6) is -0.531. The van der Waals surface area contributed by atoms with Crippen molar-refractivity contribution in [1.82, 2.24) is 24.2 Å². The van der Waals surface area contributed by atoms with E-state index < -0.39 is 47.4 Å². The van der Waals surface area contributed by atoms with Gasteiger partial charge in [-0.05, 0) is 12.1 Å². The molecular weight excluding hydrogens is 458 g/mol. The standard InChI is InChI=1S/C18H21N7O7S/c1-20-15-12-16(22-7-21-15)25(8-23-12)18-14(27)13(26)11(32-18)6-31-33(29,30)24-17(28)9-4-2-3-5-10(9)19/h2-5,7-8,11,13-14,18,26-27H,6,19H2,1H3,(H,24,28)(H,20,21,22)/t11-,13-,14-,18-/m1/s1. The second-order valence-corrected chi connectivity index (χ2v) is 8.45. The van der Waals surface area contributed by atoms with Crippen LogP contribution >= 0.6 is 0 Å². The molecule has 33 heavy (non-hydrogen) atoms. The molecule has 0 spiro atoms. The highest BCUT2D eigenvalue weighted by Crippen LogP contribution is 2.32. The minimum Gasteiger partial charge on any atom is -0.398 e. The number of aliphatic hydroxyl groups excluding tert-OH is 2. The molecule has 1 saturated heterocycles. The number of rotatable bonds is 7. The minimum atomic E-state index is -4.56. The highest BCUT2D eigenvalue weighted by atomic mass is 32.2. The molecule has 14 nitrogen and oxygen atoms in total. The number of nitrogens with zero attached hydrogens (tertiary/aromatic N) is 4. The Kier molecular flexibility index (Phi) is 6.13. The van der Waals surface area contributed by atoms with Gasteiger partial charge in [0, 0.05) is 12.7 Å². The molecule has 1 amide bonds. The number of nitrogens with one attached hydrogen (secondary N) is 2. The van der Waals surface area contributed by atoms with E-state index in [1.165, 1.54) is 35.4 Å². The van der Waals surface area contributed by atoms with Crippen LogP contribution in [-0.4, -0.2) is 76.0 Å². The van der Waals surface area contributed by atoms with Crippen molar-refractivity contribution >= 4 is 38.9 Å². The average molecular weight is 479 g/mol. The minimum absolute atomic E-state index is 0.0489. The molecule has 1 aliphatic rings. The smallest absolute Gasteiger partial charge is 0.362 e. The van der Waals surface area contributed by atoms with Crippen molar-refractivity contribution in [2.75, 3.05) is 24.7 Å². The Morgan fingerprint density at radius 3 is 2.73 bits per heavy atom. The van der Waals surface area contributed by atoms with Gasteiger partial charge in [-0.3, -0.25) is 13.5 Å². The van der Waals surface area contributed by atoms with Crippen molar-refractivity contribution in [1.29, 1.82) is 0 Å². The fourth-order valence-corrected chi connectivity index (χ4v) is 4.09. The summed E-state index contributed by atoms with van der Waals surface area (Å²) >= 11 is 0. The third-order valence-corrected chi connectivity index (χ3v) is 5.90. The van der Waals surface area contributed by atoms with Gasteiger partial charge in [0.15, 0.2) is 17.7 Å². The van der Waals surface area contributed by atoms with Crippen molar-refractivity contribution in [3.8, 4) is 0 Å². The van der Waals surface area contributed by atoms with Crippen LogP contribution in [0.2, 0.25) is 0 Å². The van der Waals surface area contributed by atoms with E-state index in [4.69, 9.17) is 14.7 Å². The maximum absolute atomic E-state index is 12.2. The van der Waals surface area contributed by atoms with E-state index in [1.807, 2.05) is 0 Å². The molecule has 15 heteroatoms.